The first-order chi connectivity index (χ1) is 11.4. The Morgan fingerprint density at radius 1 is 0.560 bits per heavy atom. The van der Waals surface area contributed by atoms with Gasteiger partial charge in [0.25, 0.3) is 0 Å². The van der Waals surface area contributed by atoms with Gasteiger partial charge in [-0.3, -0.25) is 0 Å². The maximum absolute atomic E-state index is 12.4. The average Bonchev–Trinajstić information content (AvgIpc) is 2.45. The van der Waals surface area contributed by atoms with Crippen molar-refractivity contribution < 1.29 is 41.4 Å². The summed E-state index contributed by atoms with van der Waals surface area (Å²) in [6.45, 7) is 0. The Labute approximate surface area is 142 Å². The zero-order chi connectivity index (χ0) is 18.9. The van der Waals surface area contributed by atoms with E-state index in [9.17, 15) is 33.0 Å². The van der Waals surface area contributed by atoms with Crippen LogP contribution in [0.3, 0.4) is 0 Å². The monoisotopic (exact) mass is 414 g/mol. The maximum Gasteiger partial charge on any atom is 0.488 e. The van der Waals surface area contributed by atoms with Crippen LogP contribution in [-0.4, -0.2) is 25.3 Å². The van der Waals surface area contributed by atoms with Crippen molar-refractivity contribution >= 4 is 30.8 Å². The van der Waals surface area contributed by atoms with Gasteiger partial charge < -0.3 is 8.37 Å². The van der Waals surface area contributed by atoms with Gasteiger partial charge in [-0.05, 0) is 48.5 Å². The molecule has 0 saturated carbocycles. The number of hydrogen-bond donors (Lipinski definition) is 0. The van der Waals surface area contributed by atoms with Crippen molar-refractivity contribution in [2.24, 2.45) is 0 Å². The van der Waals surface area contributed by atoms with E-state index in [2.05, 4.69) is 8.37 Å². The van der Waals surface area contributed by atoms with Gasteiger partial charge >= 0.3 is 21.0 Å². The lowest BCUT2D eigenvalue weighted by Gasteiger charge is -2.06. The van der Waals surface area contributed by atoms with Gasteiger partial charge in [-0.25, -0.2) is 8.42 Å². The van der Waals surface area contributed by atoms with E-state index < -0.39 is 42.3 Å². The lowest BCUT2D eigenvalue weighted by Crippen LogP contribution is -2.04. The number of hydrogen-bond acceptors (Lipinski definition) is 8. The summed E-state index contributed by atoms with van der Waals surface area (Å²) in [6.07, 6.45) is 0. The molecule has 2 aromatic carbocycles. The predicted molar refractivity (Wildman–Crippen MR) is 79.6 cm³/mol. The summed E-state index contributed by atoms with van der Waals surface area (Å²) in [6, 6.07) is 7.62. The van der Waals surface area contributed by atoms with E-state index in [-0.39, 0.29) is 9.79 Å². The standard InChI is InChI=1S/C12H8F2O8S3/c13-24(17,18)21-9-1-5-11(6-2-9)23(15,16)12-7-3-10(4-8-12)22-25(14,19)20/h1-8H. The highest BCUT2D eigenvalue weighted by Gasteiger charge is 2.19. The SMILES string of the molecule is O=S(=O)(F)Oc1ccc(S(=O)(=O)c2ccc(OS(=O)(=O)F)cc2)cc1. The molecule has 8 nitrogen and oxygen atoms in total. The molecule has 0 radical (unpaired) electrons. The molecule has 0 unspecified atom stereocenters. The molecule has 0 aliphatic heterocycles. The first kappa shape index (κ1) is 19.1. The molecule has 0 aromatic heterocycles. The molecule has 0 fully saturated rings. The van der Waals surface area contributed by atoms with Crippen LogP contribution in [0, 0.1) is 0 Å². The second kappa shape index (κ2) is 6.57. The smallest absolute Gasteiger partial charge is 0.358 e. The van der Waals surface area contributed by atoms with Gasteiger partial charge in [-0.2, -0.15) is 16.8 Å². The van der Waals surface area contributed by atoms with Gasteiger partial charge in [0.05, 0.1) is 9.79 Å². The minimum Gasteiger partial charge on any atom is -0.358 e. The van der Waals surface area contributed by atoms with Crippen LogP contribution in [0.1, 0.15) is 0 Å². The van der Waals surface area contributed by atoms with E-state index in [0.717, 1.165) is 48.5 Å². The molecule has 0 spiro atoms. The Balaban J connectivity index is 2.29. The molecule has 0 atom stereocenters. The van der Waals surface area contributed by atoms with Crippen LogP contribution in [0.4, 0.5) is 7.77 Å². The number of rotatable bonds is 6. The molecular formula is C12H8F2O8S3. The average molecular weight is 414 g/mol. The van der Waals surface area contributed by atoms with Crippen LogP contribution >= 0.6 is 0 Å². The Morgan fingerprint density at radius 2 is 0.840 bits per heavy atom. The molecular weight excluding hydrogens is 406 g/mol. The van der Waals surface area contributed by atoms with Crippen molar-refractivity contribution in [3.8, 4) is 11.5 Å². The van der Waals surface area contributed by atoms with Gasteiger partial charge in [0, 0.05) is 0 Å². The molecule has 0 amide bonds. The van der Waals surface area contributed by atoms with E-state index in [0.29, 0.717) is 0 Å². The number of halogens is 2. The van der Waals surface area contributed by atoms with Crippen molar-refractivity contribution in [2.75, 3.05) is 0 Å². The largest absolute Gasteiger partial charge is 0.488 e. The van der Waals surface area contributed by atoms with Crippen molar-refractivity contribution in [1.29, 1.82) is 0 Å². The fourth-order valence-corrected chi connectivity index (χ4v) is 3.66. The van der Waals surface area contributed by atoms with Gasteiger partial charge in [0.15, 0.2) is 0 Å². The normalized spacial score (nSPS) is 12.6. The molecule has 0 aliphatic carbocycles. The van der Waals surface area contributed by atoms with Crippen molar-refractivity contribution in [2.45, 2.75) is 9.79 Å². The molecule has 0 aliphatic rings. The molecule has 0 N–H and O–H groups in total. The van der Waals surface area contributed by atoms with Gasteiger partial charge in [0.2, 0.25) is 9.84 Å². The number of sulfone groups is 1. The Bertz CT molecular complexity index is 991. The predicted octanol–water partition coefficient (Wildman–Crippen LogP) is 1.71. The van der Waals surface area contributed by atoms with Crippen LogP contribution in [-0.2, 0) is 30.8 Å². The Morgan fingerprint density at radius 3 is 1.08 bits per heavy atom. The molecule has 0 heterocycles. The molecule has 0 bridgehead atoms. The Kier molecular flexibility index (Phi) is 5.02. The third-order valence-corrected chi connectivity index (χ3v) is 5.23. The second-order valence-electron chi connectivity index (χ2n) is 4.40. The summed E-state index contributed by atoms with van der Waals surface area (Å²) in [5, 5.41) is 0. The van der Waals surface area contributed by atoms with E-state index in [1.54, 1.807) is 0 Å². The van der Waals surface area contributed by atoms with Crippen LogP contribution < -0.4 is 8.37 Å². The summed E-state index contributed by atoms with van der Waals surface area (Å²) in [7, 11) is -14.5. The van der Waals surface area contributed by atoms with Gasteiger partial charge in [0.1, 0.15) is 11.5 Å². The van der Waals surface area contributed by atoms with Crippen LogP contribution in [0.2, 0.25) is 0 Å². The highest BCUT2D eigenvalue weighted by Crippen LogP contribution is 2.25. The Hall–Kier alpha value is -2.25. The van der Waals surface area contributed by atoms with E-state index in [1.807, 2.05) is 0 Å². The van der Waals surface area contributed by atoms with E-state index in [1.165, 1.54) is 0 Å². The molecule has 136 valence electrons. The van der Waals surface area contributed by atoms with Crippen molar-refractivity contribution in [3.63, 3.8) is 0 Å². The van der Waals surface area contributed by atoms with Crippen LogP contribution in [0.5, 0.6) is 11.5 Å². The summed E-state index contributed by atoms with van der Waals surface area (Å²) in [5.74, 6) is -0.864. The highest BCUT2D eigenvalue weighted by atomic mass is 32.3. The lowest BCUT2D eigenvalue weighted by atomic mass is 10.3. The topological polar surface area (TPSA) is 121 Å². The first-order valence-corrected chi connectivity index (χ1v) is 10.2. The summed E-state index contributed by atoms with van der Waals surface area (Å²) >= 11 is 0. The molecule has 25 heavy (non-hydrogen) atoms. The van der Waals surface area contributed by atoms with E-state index in [4.69, 9.17) is 0 Å². The third-order valence-electron chi connectivity index (χ3n) is 2.66. The van der Waals surface area contributed by atoms with E-state index >= 15 is 0 Å². The van der Waals surface area contributed by atoms with Crippen LogP contribution in [0.15, 0.2) is 58.3 Å². The summed E-state index contributed by atoms with van der Waals surface area (Å²) in [4.78, 5) is -0.550. The van der Waals surface area contributed by atoms with Crippen molar-refractivity contribution in [1.82, 2.24) is 0 Å². The maximum atomic E-state index is 12.4. The first-order valence-electron chi connectivity index (χ1n) is 6.10. The van der Waals surface area contributed by atoms with Crippen LogP contribution in [0.25, 0.3) is 0 Å². The molecule has 2 aromatic rings. The second-order valence-corrected chi connectivity index (χ2v) is 8.25. The lowest BCUT2D eigenvalue weighted by molar-refractivity contribution is 0.438. The fourth-order valence-electron chi connectivity index (χ4n) is 1.71. The minimum atomic E-state index is -5.24. The summed E-state index contributed by atoms with van der Waals surface area (Å²) in [5.41, 5.74) is 0. The highest BCUT2D eigenvalue weighted by molar-refractivity contribution is 7.91. The zero-order valence-corrected chi connectivity index (χ0v) is 14.3. The summed E-state index contributed by atoms with van der Waals surface area (Å²) < 4.78 is 98.7. The van der Waals surface area contributed by atoms with Crippen molar-refractivity contribution in [3.05, 3.63) is 48.5 Å². The molecule has 0 saturated heterocycles. The zero-order valence-electron chi connectivity index (χ0n) is 11.9. The van der Waals surface area contributed by atoms with Gasteiger partial charge in [-0.15, -0.1) is 0 Å². The fraction of sp³-hybridized carbons (Fsp3) is 0. The quantitative estimate of drug-likeness (QED) is 0.655. The minimum absolute atomic E-state index is 0.275. The molecule has 13 heteroatoms. The van der Waals surface area contributed by atoms with Gasteiger partial charge in [-0.1, -0.05) is 7.77 Å². The number of benzene rings is 2. The third kappa shape index (κ3) is 5.37. The molecule has 2 rings (SSSR count).